The van der Waals surface area contributed by atoms with Gasteiger partial charge in [0.2, 0.25) is 0 Å². The molecule has 0 fully saturated rings. The molecule has 1 atom stereocenters. The number of aliphatic hydroxyl groups is 1. The molecule has 2 aromatic rings. The van der Waals surface area contributed by atoms with Crippen LogP contribution in [0.3, 0.4) is 0 Å². The molecule has 0 aliphatic carbocycles. The van der Waals surface area contributed by atoms with Gasteiger partial charge in [0, 0.05) is 17.4 Å². The number of hydrogen-bond donors (Lipinski definition) is 1. The molecule has 3 nitrogen and oxygen atoms in total. The molecule has 0 saturated heterocycles. The minimum absolute atomic E-state index is 0.539. The maximum atomic E-state index is 10.5. The van der Waals surface area contributed by atoms with Crippen LogP contribution in [0.25, 0.3) is 0 Å². The molecule has 0 saturated carbocycles. The average molecular weight is 402 g/mol. The summed E-state index contributed by atoms with van der Waals surface area (Å²) in [6, 6.07) is 5.95. The molecule has 1 unspecified atom stereocenters. The van der Waals surface area contributed by atoms with Crippen molar-refractivity contribution in [3.8, 4) is 0 Å². The van der Waals surface area contributed by atoms with Gasteiger partial charge in [-0.05, 0) is 47.8 Å². The molecule has 2 rings (SSSR count). The topological polar surface area (TPSA) is 38.0 Å². The highest BCUT2D eigenvalue weighted by atomic mass is 79.9. The van der Waals surface area contributed by atoms with Crippen LogP contribution in [0.15, 0.2) is 27.1 Å². The molecule has 0 aliphatic heterocycles. The van der Waals surface area contributed by atoms with Crippen molar-refractivity contribution in [3.63, 3.8) is 0 Å². The first-order chi connectivity index (χ1) is 9.45. The maximum Gasteiger partial charge on any atom is 0.0856 e. The minimum Gasteiger partial charge on any atom is -0.388 e. The number of halogens is 2. The molecule has 0 bridgehead atoms. The van der Waals surface area contributed by atoms with Crippen LogP contribution in [0.5, 0.6) is 0 Å². The second-order valence-electron chi connectivity index (χ2n) is 4.86. The van der Waals surface area contributed by atoms with E-state index in [9.17, 15) is 5.11 Å². The highest BCUT2D eigenvalue weighted by Crippen LogP contribution is 2.31. The number of nitrogens with zero attached hydrogens (tertiary/aromatic N) is 2. The van der Waals surface area contributed by atoms with E-state index in [1.165, 1.54) is 0 Å². The van der Waals surface area contributed by atoms with E-state index in [0.29, 0.717) is 6.42 Å². The Bertz CT molecular complexity index is 623. The Morgan fingerprint density at radius 3 is 2.60 bits per heavy atom. The maximum absolute atomic E-state index is 10.5. The highest BCUT2D eigenvalue weighted by Gasteiger charge is 2.19. The lowest BCUT2D eigenvalue weighted by atomic mass is 10.0. The second kappa shape index (κ2) is 6.41. The van der Waals surface area contributed by atoms with Crippen LogP contribution in [0, 0.1) is 13.8 Å². The lowest BCUT2D eigenvalue weighted by molar-refractivity contribution is 0.174. The Labute approximate surface area is 136 Å². The van der Waals surface area contributed by atoms with Crippen molar-refractivity contribution in [2.24, 2.45) is 0 Å². The van der Waals surface area contributed by atoms with Crippen molar-refractivity contribution in [1.29, 1.82) is 0 Å². The number of hydrogen-bond acceptors (Lipinski definition) is 2. The number of aromatic nitrogens is 2. The van der Waals surface area contributed by atoms with Crippen LogP contribution in [0.2, 0.25) is 0 Å². The molecule has 1 aromatic heterocycles. The summed E-state index contributed by atoms with van der Waals surface area (Å²) in [6.07, 6.45) is -0.0147. The van der Waals surface area contributed by atoms with Gasteiger partial charge in [0.25, 0.3) is 0 Å². The third kappa shape index (κ3) is 3.00. The molecule has 108 valence electrons. The van der Waals surface area contributed by atoms with Gasteiger partial charge in [-0.15, -0.1) is 0 Å². The molecule has 20 heavy (non-hydrogen) atoms. The van der Waals surface area contributed by atoms with E-state index >= 15 is 0 Å². The van der Waals surface area contributed by atoms with E-state index in [1.54, 1.807) is 0 Å². The molecule has 0 aliphatic rings. The number of benzene rings is 1. The Morgan fingerprint density at radius 2 is 1.95 bits per heavy atom. The Balaban J connectivity index is 2.32. The van der Waals surface area contributed by atoms with Gasteiger partial charge in [0.15, 0.2) is 0 Å². The van der Waals surface area contributed by atoms with E-state index < -0.39 is 6.10 Å². The first kappa shape index (κ1) is 15.7. The van der Waals surface area contributed by atoms with Crippen molar-refractivity contribution in [2.45, 2.75) is 39.8 Å². The molecule has 5 heteroatoms. The Hall–Kier alpha value is -0.650. The predicted molar refractivity (Wildman–Crippen MR) is 87.9 cm³/mol. The summed E-state index contributed by atoms with van der Waals surface area (Å²) in [5.41, 5.74) is 4.03. The Kier molecular flexibility index (Phi) is 5.04. The zero-order chi connectivity index (χ0) is 14.9. The fraction of sp³-hybridized carbons (Fsp3) is 0.400. The van der Waals surface area contributed by atoms with E-state index in [1.807, 2.05) is 36.7 Å². The van der Waals surface area contributed by atoms with E-state index in [-0.39, 0.29) is 0 Å². The Morgan fingerprint density at radius 1 is 1.25 bits per heavy atom. The van der Waals surface area contributed by atoms with Gasteiger partial charge in [-0.2, -0.15) is 5.10 Å². The van der Waals surface area contributed by atoms with Crippen LogP contribution < -0.4 is 0 Å². The van der Waals surface area contributed by atoms with Gasteiger partial charge in [-0.3, -0.25) is 4.68 Å². The summed E-state index contributed by atoms with van der Waals surface area (Å²) in [4.78, 5) is 0. The molecular weight excluding hydrogens is 384 g/mol. The van der Waals surface area contributed by atoms with Gasteiger partial charge in [0.05, 0.1) is 22.0 Å². The fourth-order valence-electron chi connectivity index (χ4n) is 2.28. The molecule has 0 amide bonds. The van der Waals surface area contributed by atoms with Crippen LogP contribution >= 0.6 is 31.9 Å². The zero-order valence-corrected chi connectivity index (χ0v) is 15.0. The van der Waals surface area contributed by atoms with E-state index in [4.69, 9.17) is 0 Å². The van der Waals surface area contributed by atoms with Crippen LogP contribution in [0.1, 0.15) is 35.5 Å². The SMILES string of the molecule is CCn1nc(C)c(Br)c1CC(O)c1cccc(C)c1Br. The van der Waals surface area contributed by atoms with E-state index in [0.717, 1.165) is 38.0 Å². The summed E-state index contributed by atoms with van der Waals surface area (Å²) in [5, 5.41) is 15.0. The summed E-state index contributed by atoms with van der Waals surface area (Å²) in [7, 11) is 0. The monoisotopic (exact) mass is 400 g/mol. The summed E-state index contributed by atoms with van der Waals surface area (Å²) in [6.45, 7) is 6.84. The summed E-state index contributed by atoms with van der Waals surface area (Å²) in [5.74, 6) is 0. The van der Waals surface area contributed by atoms with Crippen molar-refractivity contribution >= 4 is 31.9 Å². The predicted octanol–water partition coefficient (Wildman–Crippen LogP) is 4.32. The van der Waals surface area contributed by atoms with Crippen LogP contribution in [-0.2, 0) is 13.0 Å². The molecule has 1 N–H and O–H groups in total. The average Bonchev–Trinajstić information content (AvgIpc) is 2.69. The van der Waals surface area contributed by atoms with Gasteiger partial charge < -0.3 is 5.11 Å². The minimum atomic E-state index is -0.554. The van der Waals surface area contributed by atoms with Gasteiger partial charge in [-0.1, -0.05) is 34.1 Å². The zero-order valence-electron chi connectivity index (χ0n) is 11.8. The highest BCUT2D eigenvalue weighted by molar-refractivity contribution is 9.10. The lowest BCUT2D eigenvalue weighted by Crippen LogP contribution is -2.09. The summed E-state index contributed by atoms with van der Waals surface area (Å²) < 4.78 is 3.90. The smallest absolute Gasteiger partial charge is 0.0856 e. The van der Waals surface area contributed by atoms with Gasteiger partial charge in [-0.25, -0.2) is 0 Å². The van der Waals surface area contributed by atoms with Gasteiger partial charge in [0.1, 0.15) is 0 Å². The largest absolute Gasteiger partial charge is 0.388 e. The third-order valence-electron chi connectivity index (χ3n) is 3.42. The van der Waals surface area contributed by atoms with Crippen LogP contribution in [-0.4, -0.2) is 14.9 Å². The van der Waals surface area contributed by atoms with Crippen molar-refractivity contribution in [1.82, 2.24) is 9.78 Å². The first-order valence-corrected chi connectivity index (χ1v) is 8.19. The van der Waals surface area contributed by atoms with E-state index in [2.05, 4.69) is 43.9 Å². The van der Waals surface area contributed by atoms with Crippen molar-refractivity contribution in [2.75, 3.05) is 0 Å². The number of aliphatic hydroxyl groups excluding tert-OH is 1. The van der Waals surface area contributed by atoms with Crippen molar-refractivity contribution < 1.29 is 5.11 Å². The molecule has 0 radical (unpaired) electrons. The fourth-order valence-corrected chi connectivity index (χ4v) is 3.26. The molecule has 0 spiro atoms. The van der Waals surface area contributed by atoms with Crippen molar-refractivity contribution in [3.05, 3.63) is 49.7 Å². The summed E-state index contributed by atoms with van der Waals surface area (Å²) >= 11 is 7.13. The standard InChI is InChI=1S/C15H18Br2N2O/c1-4-19-12(15(17)10(3)18-19)8-13(20)11-7-5-6-9(2)14(11)16/h5-7,13,20H,4,8H2,1-3H3. The lowest BCUT2D eigenvalue weighted by Gasteiger charge is -2.15. The number of aryl methyl sites for hydroxylation is 3. The second-order valence-corrected chi connectivity index (χ2v) is 6.45. The van der Waals surface area contributed by atoms with Gasteiger partial charge >= 0.3 is 0 Å². The number of rotatable bonds is 4. The normalized spacial score (nSPS) is 12.7. The molecule has 1 heterocycles. The van der Waals surface area contributed by atoms with Crippen LogP contribution in [0.4, 0.5) is 0 Å². The molecule has 1 aromatic carbocycles. The molecular formula is C15H18Br2N2O. The third-order valence-corrected chi connectivity index (χ3v) is 5.53. The first-order valence-electron chi connectivity index (χ1n) is 6.60. The quantitative estimate of drug-likeness (QED) is 0.828.